The van der Waals surface area contributed by atoms with Crippen molar-refractivity contribution in [3.05, 3.63) is 29.8 Å². The molecule has 0 aliphatic carbocycles. The summed E-state index contributed by atoms with van der Waals surface area (Å²) in [7, 11) is 0. The topological polar surface area (TPSA) is 58.3 Å². The van der Waals surface area contributed by atoms with E-state index >= 15 is 0 Å². The second-order valence-electron chi connectivity index (χ2n) is 4.23. The third kappa shape index (κ3) is 3.53. The lowest BCUT2D eigenvalue weighted by Gasteiger charge is -2.24. The summed E-state index contributed by atoms with van der Waals surface area (Å²) in [6.07, 6.45) is -0.515. The van der Waals surface area contributed by atoms with Crippen LogP contribution in [0.4, 0.5) is 5.69 Å². The molecule has 0 saturated heterocycles. The van der Waals surface area contributed by atoms with E-state index in [1.807, 2.05) is 24.3 Å². The fourth-order valence-corrected chi connectivity index (χ4v) is 1.69. The molecule has 15 heavy (non-hydrogen) atoms. The second-order valence-corrected chi connectivity index (χ2v) is 4.23. The van der Waals surface area contributed by atoms with Gasteiger partial charge in [-0.2, -0.15) is 0 Å². The van der Waals surface area contributed by atoms with Crippen molar-refractivity contribution in [3.63, 3.8) is 0 Å². The van der Waals surface area contributed by atoms with E-state index in [1.54, 1.807) is 6.92 Å². The van der Waals surface area contributed by atoms with Gasteiger partial charge in [-0.15, -0.1) is 0 Å². The van der Waals surface area contributed by atoms with E-state index < -0.39 is 6.23 Å². The van der Waals surface area contributed by atoms with Crippen molar-refractivity contribution in [3.8, 4) is 0 Å². The molecule has 2 atom stereocenters. The number of anilines is 1. The van der Waals surface area contributed by atoms with Crippen LogP contribution in [0.5, 0.6) is 0 Å². The van der Waals surface area contributed by atoms with Crippen molar-refractivity contribution in [2.24, 2.45) is 5.92 Å². The Morgan fingerprint density at radius 3 is 2.40 bits per heavy atom. The first kappa shape index (κ1) is 12.0. The molecular formula is C12H20N2O. The predicted octanol–water partition coefficient (Wildman–Crippen LogP) is 1.89. The molecule has 0 aromatic heterocycles. The van der Waals surface area contributed by atoms with E-state index in [2.05, 4.69) is 19.2 Å². The van der Waals surface area contributed by atoms with E-state index in [1.165, 1.54) is 0 Å². The van der Waals surface area contributed by atoms with E-state index in [9.17, 15) is 5.11 Å². The highest BCUT2D eigenvalue weighted by molar-refractivity contribution is 5.41. The van der Waals surface area contributed by atoms with Gasteiger partial charge in [0.05, 0.1) is 0 Å². The predicted molar refractivity (Wildman–Crippen MR) is 63.2 cm³/mol. The van der Waals surface area contributed by atoms with Crippen molar-refractivity contribution >= 4 is 5.69 Å². The zero-order valence-corrected chi connectivity index (χ0v) is 9.57. The third-order valence-electron chi connectivity index (χ3n) is 2.36. The molecule has 1 aromatic rings. The quantitative estimate of drug-likeness (QED) is 0.523. The molecular weight excluding hydrogens is 188 g/mol. The lowest BCUT2D eigenvalue weighted by Crippen LogP contribution is -2.33. The van der Waals surface area contributed by atoms with E-state index in [0.717, 1.165) is 11.3 Å². The normalized spacial score (nSPS) is 15.3. The lowest BCUT2D eigenvalue weighted by molar-refractivity contribution is 0.129. The maximum Gasteiger partial charge on any atom is 0.102 e. The average Bonchev–Trinajstić information content (AvgIpc) is 2.13. The van der Waals surface area contributed by atoms with Gasteiger partial charge in [0.2, 0.25) is 0 Å². The standard InChI is InChI=1S/C12H20N2O/c1-8(2)12(14-9(3)15)10-5-4-6-11(13)7-10/h4-9,12,14-15H,13H2,1-3H3. The Morgan fingerprint density at radius 2 is 1.93 bits per heavy atom. The summed E-state index contributed by atoms with van der Waals surface area (Å²) in [6.45, 7) is 5.95. The molecule has 0 amide bonds. The van der Waals surface area contributed by atoms with Crippen LogP contribution in [0.1, 0.15) is 32.4 Å². The number of rotatable bonds is 4. The molecule has 1 rings (SSSR count). The number of aliphatic hydroxyl groups excluding tert-OH is 1. The molecule has 3 heteroatoms. The summed E-state index contributed by atoms with van der Waals surface area (Å²) in [4.78, 5) is 0. The Labute approximate surface area is 91.3 Å². The van der Waals surface area contributed by atoms with Gasteiger partial charge in [-0.05, 0) is 30.5 Å². The van der Waals surface area contributed by atoms with Gasteiger partial charge in [-0.1, -0.05) is 26.0 Å². The molecule has 84 valence electrons. The minimum absolute atomic E-state index is 0.133. The zero-order valence-electron chi connectivity index (χ0n) is 9.57. The van der Waals surface area contributed by atoms with Crippen LogP contribution in [-0.4, -0.2) is 11.3 Å². The first-order valence-corrected chi connectivity index (χ1v) is 5.30. The third-order valence-corrected chi connectivity index (χ3v) is 2.36. The molecule has 0 saturated carbocycles. The van der Waals surface area contributed by atoms with Gasteiger partial charge in [0.25, 0.3) is 0 Å². The SMILES string of the molecule is CC(O)NC(c1cccc(N)c1)C(C)C. The number of nitrogens with one attached hydrogen (secondary N) is 1. The van der Waals surface area contributed by atoms with Gasteiger partial charge in [0.1, 0.15) is 6.23 Å². The smallest absolute Gasteiger partial charge is 0.102 e. The van der Waals surface area contributed by atoms with Crippen molar-refractivity contribution in [2.75, 3.05) is 5.73 Å². The van der Waals surface area contributed by atoms with E-state index in [4.69, 9.17) is 5.73 Å². The van der Waals surface area contributed by atoms with Crippen molar-refractivity contribution in [2.45, 2.75) is 33.0 Å². The highest BCUT2D eigenvalue weighted by Gasteiger charge is 2.16. The average molecular weight is 208 g/mol. The van der Waals surface area contributed by atoms with Gasteiger partial charge in [-0.25, -0.2) is 0 Å². The molecule has 3 nitrogen and oxygen atoms in total. The van der Waals surface area contributed by atoms with Crippen LogP contribution >= 0.6 is 0 Å². The molecule has 0 aliphatic heterocycles. The number of nitrogens with two attached hydrogens (primary N) is 1. The van der Waals surface area contributed by atoms with Crippen LogP contribution in [0, 0.1) is 5.92 Å². The molecule has 4 N–H and O–H groups in total. The summed E-state index contributed by atoms with van der Waals surface area (Å²) in [5.74, 6) is 0.404. The largest absolute Gasteiger partial charge is 0.399 e. The van der Waals surface area contributed by atoms with Crippen LogP contribution in [0.25, 0.3) is 0 Å². The van der Waals surface area contributed by atoms with Crippen molar-refractivity contribution < 1.29 is 5.11 Å². The van der Waals surface area contributed by atoms with Crippen molar-refractivity contribution in [1.29, 1.82) is 0 Å². The van der Waals surface area contributed by atoms with Gasteiger partial charge < -0.3 is 10.8 Å². The number of aliphatic hydroxyl groups is 1. The fourth-order valence-electron chi connectivity index (χ4n) is 1.69. The molecule has 0 aliphatic rings. The fraction of sp³-hybridized carbons (Fsp3) is 0.500. The molecule has 0 fully saturated rings. The molecule has 0 spiro atoms. The van der Waals surface area contributed by atoms with Gasteiger partial charge in [0, 0.05) is 11.7 Å². The highest BCUT2D eigenvalue weighted by atomic mass is 16.3. The number of benzene rings is 1. The second kappa shape index (κ2) is 5.14. The monoisotopic (exact) mass is 208 g/mol. The van der Waals surface area contributed by atoms with Crippen LogP contribution in [-0.2, 0) is 0 Å². The Balaban J connectivity index is 2.88. The van der Waals surface area contributed by atoms with E-state index in [0.29, 0.717) is 5.92 Å². The van der Waals surface area contributed by atoms with Crippen molar-refractivity contribution in [1.82, 2.24) is 5.32 Å². The Morgan fingerprint density at radius 1 is 1.27 bits per heavy atom. The van der Waals surface area contributed by atoms with Gasteiger partial charge >= 0.3 is 0 Å². The maximum absolute atomic E-state index is 9.36. The van der Waals surface area contributed by atoms with Crippen LogP contribution < -0.4 is 11.1 Å². The Hall–Kier alpha value is -1.06. The summed E-state index contributed by atoms with van der Waals surface area (Å²) < 4.78 is 0. The summed E-state index contributed by atoms with van der Waals surface area (Å²) in [5, 5.41) is 12.5. The number of nitrogen functional groups attached to an aromatic ring is 1. The lowest BCUT2D eigenvalue weighted by atomic mass is 9.95. The first-order chi connectivity index (χ1) is 7.00. The molecule has 1 aromatic carbocycles. The van der Waals surface area contributed by atoms with Crippen LogP contribution in [0.15, 0.2) is 24.3 Å². The Bertz CT molecular complexity index is 310. The number of hydrogen-bond donors (Lipinski definition) is 3. The van der Waals surface area contributed by atoms with Gasteiger partial charge in [-0.3, -0.25) is 5.32 Å². The summed E-state index contributed by atoms with van der Waals surface area (Å²) in [5.41, 5.74) is 7.61. The van der Waals surface area contributed by atoms with E-state index in [-0.39, 0.29) is 6.04 Å². The molecule has 0 heterocycles. The minimum Gasteiger partial charge on any atom is -0.399 e. The summed E-state index contributed by atoms with van der Waals surface area (Å²) in [6, 6.07) is 7.90. The first-order valence-electron chi connectivity index (χ1n) is 5.30. The highest BCUT2D eigenvalue weighted by Crippen LogP contribution is 2.23. The number of hydrogen-bond acceptors (Lipinski definition) is 3. The van der Waals surface area contributed by atoms with Crippen LogP contribution in [0.2, 0.25) is 0 Å². The summed E-state index contributed by atoms with van der Waals surface area (Å²) >= 11 is 0. The maximum atomic E-state index is 9.36. The van der Waals surface area contributed by atoms with Gasteiger partial charge in [0.15, 0.2) is 0 Å². The molecule has 0 bridgehead atoms. The zero-order chi connectivity index (χ0) is 11.4. The molecule has 0 radical (unpaired) electrons. The minimum atomic E-state index is -0.515. The van der Waals surface area contributed by atoms with Crippen LogP contribution in [0.3, 0.4) is 0 Å². The Kier molecular flexibility index (Phi) is 4.12. The molecule has 2 unspecified atom stereocenters.